The summed E-state index contributed by atoms with van der Waals surface area (Å²) in [5.74, 6) is -0.728. The molecule has 0 spiro atoms. The maximum atomic E-state index is 14.8. The molecule has 0 atom stereocenters. The Morgan fingerprint density at radius 3 is 2.64 bits per heavy atom. The first kappa shape index (κ1) is 22.4. The van der Waals surface area contributed by atoms with Crippen LogP contribution in [-0.4, -0.2) is 58.9 Å². The molecule has 2 N–H and O–H groups in total. The molecule has 2 amide bonds. The van der Waals surface area contributed by atoms with Gasteiger partial charge >= 0.3 is 0 Å². The van der Waals surface area contributed by atoms with E-state index in [0.717, 1.165) is 11.3 Å². The molecule has 1 fully saturated rings. The largest absolute Gasteiger partial charge is 0.367 e. The number of pyridine rings is 1. The molecule has 2 aromatic heterocycles. The number of para-hydroxylation sites is 1. The second-order valence-electron chi connectivity index (χ2n) is 8.42. The molecule has 0 unspecified atom stereocenters. The highest BCUT2D eigenvalue weighted by molar-refractivity contribution is 6.04. The topological polar surface area (TPSA) is 94.2 Å². The highest BCUT2D eigenvalue weighted by atomic mass is 19.1. The van der Waals surface area contributed by atoms with E-state index in [9.17, 15) is 14.0 Å². The summed E-state index contributed by atoms with van der Waals surface area (Å²) in [5, 5.41) is 2.79. The number of hydrogen-bond acceptors (Lipinski definition) is 5. The van der Waals surface area contributed by atoms with E-state index in [-0.39, 0.29) is 17.6 Å². The number of nitrogens with one attached hydrogen (secondary N) is 2. The molecule has 9 heteroatoms. The lowest BCUT2D eigenvalue weighted by Gasteiger charge is -2.35. The van der Waals surface area contributed by atoms with Crippen LogP contribution in [0.3, 0.4) is 0 Å². The number of aromatic amines is 1. The Labute approximate surface area is 191 Å². The van der Waals surface area contributed by atoms with Crippen molar-refractivity contribution in [2.45, 2.75) is 19.8 Å². The number of rotatable bonds is 5. The van der Waals surface area contributed by atoms with Crippen molar-refractivity contribution in [1.82, 2.24) is 19.9 Å². The van der Waals surface area contributed by atoms with Crippen LogP contribution < -0.4 is 10.2 Å². The Balaban J connectivity index is 1.50. The first-order valence-corrected chi connectivity index (χ1v) is 10.9. The zero-order chi connectivity index (χ0) is 23.5. The van der Waals surface area contributed by atoms with Gasteiger partial charge in [-0.3, -0.25) is 14.6 Å². The van der Waals surface area contributed by atoms with Gasteiger partial charge in [-0.2, -0.15) is 0 Å². The van der Waals surface area contributed by atoms with Crippen LogP contribution >= 0.6 is 0 Å². The monoisotopic (exact) mass is 450 g/mol. The molecule has 3 aromatic rings. The predicted molar refractivity (Wildman–Crippen MR) is 125 cm³/mol. The summed E-state index contributed by atoms with van der Waals surface area (Å²) in [7, 11) is 3.49. The number of hydrogen-bond donors (Lipinski definition) is 2. The number of H-pyrrole nitrogens is 1. The van der Waals surface area contributed by atoms with Crippen molar-refractivity contribution in [3.05, 3.63) is 60.1 Å². The van der Waals surface area contributed by atoms with Crippen LogP contribution in [0.5, 0.6) is 0 Å². The Bertz CT molecular complexity index is 1170. The average Bonchev–Trinajstić information content (AvgIpc) is 3.29. The zero-order valence-corrected chi connectivity index (χ0v) is 18.9. The summed E-state index contributed by atoms with van der Waals surface area (Å²) in [4.78, 5) is 40.0. The minimum absolute atomic E-state index is 0.0700. The second kappa shape index (κ2) is 9.40. The van der Waals surface area contributed by atoms with Crippen LogP contribution in [0.1, 0.15) is 29.2 Å². The zero-order valence-electron chi connectivity index (χ0n) is 18.9. The van der Waals surface area contributed by atoms with Crippen LogP contribution in [0.4, 0.5) is 15.8 Å². The van der Waals surface area contributed by atoms with Crippen molar-refractivity contribution in [3.63, 3.8) is 0 Å². The molecule has 0 radical (unpaired) electrons. The van der Waals surface area contributed by atoms with Crippen molar-refractivity contribution in [2.24, 2.45) is 5.92 Å². The molecule has 4 rings (SSSR count). The quantitative estimate of drug-likeness (QED) is 0.621. The fourth-order valence-corrected chi connectivity index (χ4v) is 4.13. The molecule has 172 valence electrons. The number of piperidine rings is 1. The SMILES string of the molecule is Cc1cc(-c2cnc(C(=O)Nc3cccc(F)c3N3CCC(C(=O)N(C)C)CC3)[nH]2)ccn1. The van der Waals surface area contributed by atoms with Crippen molar-refractivity contribution >= 4 is 23.2 Å². The van der Waals surface area contributed by atoms with Gasteiger partial charge in [0, 0.05) is 50.6 Å². The molecule has 3 heterocycles. The van der Waals surface area contributed by atoms with Crippen molar-refractivity contribution in [2.75, 3.05) is 37.4 Å². The molecule has 33 heavy (non-hydrogen) atoms. The predicted octanol–water partition coefficient (Wildman–Crippen LogP) is 3.48. The van der Waals surface area contributed by atoms with Gasteiger partial charge in [0.05, 0.1) is 23.3 Å². The third-order valence-corrected chi connectivity index (χ3v) is 5.83. The Morgan fingerprint density at radius 2 is 1.94 bits per heavy atom. The summed E-state index contributed by atoms with van der Waals surface area (Å²) in [6, 6.07) is 8.33. The van der Waals surface area contributed by atoms with Crippen molar-refractivity contribution in [1.29, 1.82) is 0 Å². The van der Waals surface area contributed by atoms with Crippen molar-refractivity contribution in [3.8, 4) is 11.3 Å². The molecule has 0 aliphatic carbocycles. The Kier molecular flexibility index (Phi) is 6.39. The van der Waals surface area contributed by atoms with Crippen molar-refractivity contribution < 1.29 is 14.0 Å². The van der Waals surface area contributed by atoms with Gasteiger partial charge in [-0.25, -0.2) is 9.37 Å². The van der Waals surface area contributed by atoms with E-state index in [1.807, 2.05) is 24.0 Å². The second-order valence-corrected chi connectivity index (χ2v) is 8.42. The first-order valence-electron chi connectivity index (χ1n) is 10.9. The summed E-state index contributed by atoms with van der Waals surface area (Å²) in [6.07, 6.45) is 4.54. The van der Waals surface area contributed by atoms with Crippen LogP contribution in [-0.2, 0) is 4.79 Å². The fourth-order valence-electron chi connectivity index (χ4n) is 4.13. The van der Waals surface area contributed by atoms with Gasteiger partial charge in [0.15, 0.2) is 5.82 Å². The fraction of sp³-hybridized carbons (Fsp3) is 0.333. The molecule has 1 aliphatic rings. The molecule has 1 aliphatic heterocycles. The number of nitrogens with zero attached hydrogens (tertiary/aromatic N) is 4. The van der Waals surface area contributed by atoms with Crippen LogP contribution in [0.15, 0.2) is 42.7 Å². The molecule has 1 aromatic carbocycles. The third-order valence-electron chi connectivity index (χ3n) is 5.83. The van der Waals surface area contributed by atoms with E-state index in [2.05, 4.69) is 20.3 Å². The molecular weight excluding hydrogens is 423 g/mol. The van der Waals surface area contributed by atoms with Gasteiger partial charge in [0.1, 0.15) is 5.82 Å². The average molecular weight is 451 g/mol. The van der Waals surface area contributed by atoms with Crippen LogP contribution in [0.25, 0.3) is 11.3 Å². The van der Waals surface area contributed by atoms with Crippen LogP contribution in [0, 0.1) is 18.7 Å². The van der Waals surface area contributed by atoms with E-state index in [4.69, 9.17) is 0 Å². The lowest BCUT2D eigenvalue weighted by Crippen LogP contribution is -2.40. The van der Waals surface area contributed by atoms with Gasteiger partial charge in [0.25, 0.3) is 5.91 Å². The number of aromatic nitrogens is 3. The van der Waals surface area contributed by atoms with E-state index in [1.54, 1.807) is 43.5 Å². The minimum Gasteiger partial charge on any atom is -0.367 e. The lowest BCUT2D eigenvalue weighted by molar-refractivity contribution is -0.133. The standard InChI is InChI=1S/C24H27FN6O2/c1-15-13-17(7-10-26-15)20-14-27-22(28-20)23(32)29-19-6-4-5-18(25)21(19)31-11-8-16(9-12-31)24(33)30(2)3/h4-7,10,13-14,16H,8-9,11-12H2,1-3H3,(H,27,28)(H,29,32). The number of imidazole rings is 1. The summed E-state index contributed by atoms with van der Waals surface area (Å²) in [5.41, 5.74) is 3.12. The molecule has 8 nitrogen and oxygen atoms in total. The smallest absolute Gasteiger partial charge is 0.291 e. The number of carbonyl (C=O) groups is 2. The molecular formula is C24H27FN6O2. The Morgan fingerprint density at radius 1 is 1.18 bits per heavy atom. The number of halogens is 1. The maximum Gasteiger partial charge on any atom is 0.291 e. The summed E-state index contributed by atoms with van der Waals surface area (Å²) in [6.45, 7) is 2.94. The number of anilines is 2. The lowest BCUT2D eigenvalue weighted by atomic mass is 9.95. The van der Waals surface area contributed by atoms with Gasteiger partial charge < -0.3 is 20.1 Å². The minimum atomic E-state index is -0.462. The number of carbonyl (C=O) groups excluding carboxylic acids is 2. The third kappa shape index (κ3) is 4.87. The highest BCUT2D eigenvalue weighted by Gasteiger charge is 2.28. The molecule has 0 saturated carbocycles. The Hall–Kier alpha value is -3.75. The number of amides is 2. The first-order chi connectivity index (χ1) is 15.8. The van der Waals surface area contributed by atoms with E-state index in [0.29, 0.717) is 43.0 Å². The highest BCUT2D eigenvalue weighted by Crippen LogP contribution is 2.33. The van der Waals surface area contributed by atoms with Gasteiger partial charge in [-0.15, -0.1) is 0 Å². The van der Waals surface area contributed by atoms with E-state index < -0.39 is 11.7 Å². The number of aryl methyl sites for hydroxylation is 1. The van der Waals surface area contributed by atoms with Gasteiger partial charge in [-0.1, -0.05) is 6.07 Å². The maximum absolute atomic E-state index is 14.8. The molecule has 0 bridgehead atoms. The number of benzene rings is 1. The van der Waals surface area contributed by atoms with Gasteiger partial charge in [-0.05, 0) is 44.0 Å². The molecule has 1 saturated heterocycles. The van der Waals surface area contributed by atoms with E-state index in [1.165, 1.54) is 6.07 Å². The summed E-state index contributed by atoms with van der Waals surface area (Å²) >= 11 is 0. The normalized spacial score (nSPS) is 14.2. The van der Waals surface area contributed by atoms with Crippen LogP contribution in [0.2, 0.25) is 0 Å². The summed E-state index contributed by atoms with van der Waals surface area (Å²) < 4.78 is 14.8. The van der Waals surface area contributed by atoms with E-state index >= 15 is 0 Å². The van der Waals surface area contributed by atoms with Gasteiger partial charge in [0.2, 0.25) is 5.91 Å².